The number of aromatic hydroxyl groups is 2. The number of benzene rings is 1. The third-order valence-corrected chi connectivity index (χ3v) is 6.39. The Balaban J connectivity index is 1.63. The number of aliphatic carboxylic acids is 1. The minimum atomic E-state index is -1.17. The van der Waals surface area contributed by atoms with Gasteiger partial charge in [0.2, 0.25) is 5.91 Å². The minimum absolute atomic E-state index is 0.0181. The van der Waals surface area contributed by atoms with Crippen LogP contribution in [0.1, 0.15) is 29.8 Å². The van der Waals surface area contributed by atoms with Crippen LogP contribution in [0.25, 0.3) is 0 Å². The van der Waals surface area contributed by atoms with Crippen LogP contribution in [0.4, 0.5) is 0 Å². The van der Waals surface area contributed by atoms with Crippen LogP contribution in [0.3, 0.4) is 0 Å². The largest absolute Gasteiger partial charge is 0.504 e. The first-order chi connectivity index (χ1) is 15.0. The lowest BCUT2D eigenvalue weighted by atomic mass is 9.77. The van der Waals surface area contributed by atoms with E-state index in [0.29, 0.717) is 18.7 Å². The molecule has 2 heterocycles. The lowest BCUT2D eigenvalue weighted by Gasteiger charge is -2.46. The summed E-state index contributed by atoms with van der Waals surface area (Å²) in [6.07, 6.45) is -0.851. The fourth-order valence-corrected chi connectivity index (χ4v) is 4.61. The number of hydrogen-bond acceptors (Lipinski definition) is 7. The second-order valence-corrected chi connectivity index (χ2v) is 8.53. The number of likely N-dealkylation sites (N-methyl/N-ethyl adjacent to an activating group) is 1. The molecule has 0 unspecified atom stereocenters. The molecule has 2 aliphatic heterocycles. The lowest BCUT2D eigenvalue weighted by Crippen LogP contribution is -2.63. The van der Waals surface area contributed by atoms with Crippen LogP contribution >= 0.6 is 0 Å². The van der Waals surface area contributed by atoms with Crippen LogP contribution in [0.15, 0.2) is 23.4 Å². The van der Waals surface area contributed by atoms with Gasteiger partial charge in [-0.3, -0.25) is 9.59 Å². The number of rotatable bonds is 8. The van der Waals surface area contributed by atoms with Crippen molar-refractivity contribution < 1.29 is 34.8 Å². The molecule has 4 atom stereocenters. The standard InChI is InChI=1S/C22H29N3O7/c1-10-14(18(22(31)32)25-17(10)16(12(3)26)21(25)30)9-24(4)8-7-23-20(29)13-5-6-15(27)19(28)11(13)2/h5-6,10,12,16-17,26-28H,7-9H2,1-4H3,(H,23,29)(H,31,32)/t10-,12+,16+,17+/m0/s1. The van der Waals surface area contributed by atoms with Crippen LogP contribution < -0.4 is 5.32 Å². The number of fused-ring (bicyclic) bond motifs is 1. The average Bonchev–Trinajstić information content (AvgIpc) is 2.94. The monoisotopic (exact) mass is 447 g/mol. The molecule has 10 heteroatoms. The Morgan fingerprint density at radius 1 is 1.28 bits per heavy atom. The SMILES string of the molecule is Cc1c(C(=O)NCCN(C)CC2=C(C(=O)O)N3C(=O)[C@H]([C@@H](C)O)[C@H]3[C@H]2C)ccc(O)c1O. The van der Waals surface area contributed by atoms with Crippen LogP contribution in [0.2, 0.25) is 0 Å². The number of β-lactam (4-membered cyclic amide) rings is 1. The Morgan fingerprint density at radius 3 is 2.53 bits per heavy atom. The van der Waals surface area contributed by atoms with Gasteiger partial charge in [-0.2, -0.15) is 0 Å². The highest BCUT2D eigenvalue weighted by molar-refractivity contribution is 6.00. The van der Waals surface area contributed by atoms with E-state index in [1.165, 1.54) is 30.9 Å². The summed E-state index contributed by atoms with van der Waals surface area (Å²) in [6.45, 7) is 5.91. The van der Waals surface area contributed by atoms with Gasteiger partial charge in [0, 0.05) is 36.7 Å². The maximum atomic E-state index is 12.4. The number of aliphatic hydroxyl groups is 1. The molecule has 2 aliphatic rings. The van der Waals surface area contributed by atoms with Crippen molar-refractivity contribution in [3.8, 4) is 11.5 Å². The molecule has 0 spiro atoms. The number of carbonyl (C=O) groups is 3. The van der Waals surface area contributed by atoms with Crippen molar-refractivity contribution in [2.45, 2.75) is 32.9 Å². The zero-order valence-electron chi connectivity index (χ0n) is 18.5. The van der Waals surface area contributed by atoms with Crippen LogP contribution in [0.5, 0.6) is 11.5 Å². The normalized spacial score (nSPS) is 23.2. The van der Waals surface area contributed by atoms with Crippen molar-refractivity contribution in [1.82, 2.24) is 15.1 Å². The number of phenols is 2. The van der Waals surface area contributed by atoms with Crippen LogP contribution in [0, 0.1) is 18.8 Å². The van der Waals surface area contributed by atoms with Crippen molar-refractivity contribution in [2.75, 3.05) is 26.7 Å². The van der Waals surface area contributed by atoms with Gasteiger partial charge in [-0.05, 0) is 38.6 Å². The fraction of sp³-hybridized carbons (Fsp3) is 0.500. The first-order valence-electron chi connectivity index (χ1n) is 10.4. The van der Waals surface area contributed by atoms with Gasteiger partial charge in [-0.25, -0.2) is 4.79 Å². The molecule has 1 aromatic rings. The second kappa shape index (κ2) is 8.79. The van der Waals surface area contributed by atoms with Crippen molar-refractivity contribution in [2.24, 2.45) is 11.8 Å². The van der Waals surface area contributed by atoms with Crippen molar-refractivity contribution in [1.29, 1.82) is 0 Å². The van der Waals surface area contributed by atoms with E-state index in [4.69, 9.17) is 0 Å². The maximum Gasteiger partial charge on any atom is 0.352 e. The Hall–Kier alpha value is -3.11. The summed E-state index contributed by atoms with van der Waals surface area (Å²) in [5.74, 6) is -3.39. The Morgan fingerprint density at radius 2 is 1.94 bits per heavy atom. The number of nitrogens with zero attached hydrogens (tertiary/aromatic N) is 2. The summed E-state index contributed by atoms with van der Waals surface area (Å²) in [5, 5.41) is 41.7. The van der Waals surface area contributed by atoms with E-state index in [1.54, 1.807) is 7.05 Å². The predicted octanol–water partition coefficient (Wildman–Crippen LogP) is 0.264. The highest BCUT2D eigenvalue weighted by Gasteiger charge is 2.59. The molecular weight excluding hydrogens is 418 g/mol. The summed E-state index contributed by atoms with van der Waals surface area (Å²) in [6, 6.07) is 2.31. The van der Waals surface area contributed by atoms with Gasteiger partial charge >= 0.3 is 5.97 Å². The predicted molar refractivity (Wildman–Crippen MR) is 114 cm³/mol. The first kappa shape index (κ1) is 23.6. The second-order valence-electron chi connectivity index (χ2n) is 8.53. The number of aliphatic hydroxyl groups excluding tert-OH is 1. The molecule has 2 amide bonds. The molecule has 174 valence electrons. The third kappa shape index (κ3) is 3.91. The molecule has 32 heavy (non-hydrogen) atoms. The molecule has 3 rings (SSSR count). The van der Waals surface area contributed by atoms with Gasteiger partial charge in [0.25, 0.3) is 5.91 Å². The van der Waals surface area contributed by atoms with E-state index in [1.807, 2.05) is 11.8 Å². The quantitative estimate of drug-likeness (QED) is 0.281. The minimum Gasteiger partial charge on any atom is -0.504 e. The molecule has 0 bridgehead atoms. The number of carbonyl (C=O) groups excluding carboxylic acids is 2. The highest BCUT2D eigenvalue weighted by Crippen LogP contribution is 2.47. The summed E-state index contributed by atoms with van der Waals surface area (Å²) >= 11 is 0. The zero-order chi connectivity index (χ0) is 23.9. The van der Waals surface area contributed by atoms with E-state index in [-0.39, 0.29) is 52.7 Å². The molecule has 10 nitrogen and oxygen atoms in total. The van der Waals surface area contributed by atoms with Gasteiger partial charge in [-0.1, -0.05) is 6.92 Å². The maximum absolute atomic E-state index is 12.4. The molecule has 0 aliphatic carbocycles. The molecule has 0 radical (unpaired) electrons. The van der Waals surface area contributed by atoms with E-state index in [9.17, 15) is 34.8 Å². The lowest BCUT2D eigenvalue weighted by molar-refractivity contribution is -0.163. The number of carboxylic acids is 1. The number of carboxylic acid groups (broad SMARTS) is 1. The molecule has 0 saturated carbocycles. The Labute approximate surface area is 185 Å². The van der Waals surface area contributed by atoms with Crippen LogP contribution in [-0.4, -0.2) is 86.8 Å². The third-order valence-electron chi connectivity index (χ3n) is 6.39. The number of amides is 2. The molecule has 0 aromatic heterocycles. The summed E-state index contributed by atoms with van der Waals surface area (Å²) in [4.78, 5) is 39.8. The fourth-order valence-electron chi connectivity index (χ4n) is 4.61. The van der Waals surface area contributed by atoms with Gasteiger partial charge < -0.3 is 35.5 Å². The smallest absolute Gasteiger partial charge is 0.352 e. The Kier molecular flexibility index (Phi) is 6.47. The van der Waals surface area contributed by atoms with E-state index >= 15 is 0 Å². The van der Waals surface area contributed by atoms with E-state index in [0.717, 1.165) is 0 Å². The average molecular weight is 447 g/mol. The topological polar surface area (TPSA) is 151 Å². The van der Waals surface area contributed by atoms with E-state index in [2.05, 4.69) is 5.32 Å². The van der Waals surface area contributed by atoms with Gasteiger partial charge in [-0.15, -0.1) is 0 Å². The number of nitrogens with one attached hydrogen (secondary N) is 1. The van der Waals surface area contributed by atoms with Crippen molar-refractivity contribution in [3.63, 3.8) is 0 Å². The Bertz CT molecular complexity index is 988. The molecule has 1 aromatic carbocycles. The number of hydrogen-bond donors (Lipinski definition) is 5. The van der Waals surface area contributed by atoms with Crippen molar-refractivity contribution >= 4 is 17.8 Å². The molecular formula is C22H29N3O7. The van der Waals surface area contributed by atoms with Gasteiger partial charge in [0.1, 0.15) is 5.70 Å². The summed E-state index contributed by atoms with van der Waals surface area (Å²) in [7, 11) is 1.78. The highest BCUT2D eigenvalue weighted by atomic mass is 16.4. The summed E-state index contributed by atoms with van der Waals surface area (Å²) < 4.78 is 0. The van der Waals surface area contributed by atoms with Gasteiger partial charge in [0.05, 0.1) is 18.1 Å². The van der Waals surface area contributed by atoms with Crippen molar-refractivity contribution in [3.05, 3.63) is 34.5 Å². The zero-order valence-corrected chi connectivity index (χ0v) is 18.5. The first-order valence-corrected chi connectivity index (χ1v) is 10.4. The van der Waals surface area contributed by atoms with E-state index < -0.39 is 23.9 Å². The molecule has 1 saturated heterocycles. The number of phenolic OH excluding ortho intramolecular Hbond substituents is 2. The summed E-state index contributed by atoms with van der Waals surface area (Å²) in [5.41, 5.74) is 1.12. The molecule has 5 N–H and O–H groups in total. The van der Waals surface area contributed by atoms with Gasteiger partial charge in [0.15, 0.2) is 11.5 Å². The van der Waals surface area contributed by atoms with Crippen LogP contribution in [-0.2, 0) is 9.59 Å². The molecule has 1 fully saturated rings.